The minimum absolute atomic E-state index is 0.0218. The molecule has 2 atom stereocenters. The fraction of sp³-hybridized carbons (Fsp3) is 0.222. The predicted molar refractivity (Wildman–Crippen MR) is 101 cm³/mol. The van der Waals surface area contributed by atoms with Crippen LogP contribution in [0.3, 0.4) is 0 Å². The average molecular weight is 416 g/mol. The van der Waals surface area contributed by atoms with Crippen LogP contribution >= 0.6 is 27.7 Å². The summed E-state index contributed by atoms with van der Waals surface area (Å²) < 4.78 is 7.26. The first-order valence-corrected chi connectivity index (χ1v) is 9.79. The molecule has 2 aromatic carbocycles. The maximum atomic E-state index is 11.9. The van der Waals surface area contributed by atoms with Crippen LogP contribution in [0, 0.1) is 0 Å². The quantitative estimate of drug-likeness (QED) is 0.761. The van der Waals surface area contributed by atoms with Crippen LogP contribution in [0.25, 0.3) is 0 Å². The third-order valence-electron chi connectivity index (χ3n) is 4.71. The van der Waals surface area contributed by atoms with Gasteiger partial charge in [0.2, 0.25) is 0 Å². The molecule has 0 aromatic heterocycles. The zero-order chi connectivity index (χ0) is 17.0. The smallest absolute Gasteiger partial charge is 0.289 e. The highest BCUT2D eigenvalue weighted by Crippen LogP contribution is 2.50. The van der Waals surface area contributed by atoms with Crippen LogP contribution in [0.5, 0.6) is 5.75 Å². The normalized spacial score (nSPS) is 26.8. The van der Waals surface area contributed by atoms with Gasteiger partial charge in [0, 0.05) is 16.5 Å². The lowest BCUT2D eigenvalue weighted by atomic mass is 9.96. The number of nitrogens with zero attached hydrogens (tertiary/aromatic N) is 2. The van der Waals surface area contributed by atoms with Crippen molar-refractivity contribution in [3.63, 3.8) is 0 Å². The summed E-state index contributed by atoms with van der Waals surface area (Å²) in [6.45, 7) is 0. The Kier molecular flexibility index (Phi) is 3.36. The molecule has 3 aliphatic rings. The Hall–Kier alpha value is -1.99. The van der Waals surface area contributed by atoms with Crippen LogP contribution < -0.4 is 10.1 Å². The van der Waals surface area contributed by atoms with Crippen molar-refractivity contribution in [2.24, 2.45) is 5.10 Å². The van der Waals surface area contributed by atoms with Crippen molar-refractivity contribution in [3.05, 3.63) is 64.1 Å². The highest BCUT2D eigenvalue weighted by Gasteiger charge is 2.55. The highest BCUT2D eigenvalue weighted by molar-refractivity contribution is 9.10. The van der Waals surface area contributed by atoms with Crippen molar-refractivity contribution >= 4 is 38.6 Å². The highest BCUT2D eigenvalue weighted by atomic mass is 79.9. The van der Waals surface area contributed by atoms with Crippen molar-refractivity contribution < 1.29 is 9.53 Å². The largest absolute Gasteiger partial charge is 0.447 e. The van der Waals surface area contributed by atoms with Crippen molar-refractivity contribution in [1.29, 1.82) is 0 Å². The van der Waals surface area contributed by atoms with Gasteiger partial charge in [-0.15, -0.1) is 0 Å². The van der Waals surface area contributed by atoms with Crippen molar-refractivity contribution in [2.45, 2.75) is 18.3 Å². The maximum absolute atomic E-state index is 11.9. The van der Waals surface area contributed by atoms with E-state index in [1.807, 2.05) is 41.4 Å². The topological polar surface area (TPSA) is 53.9 Å². The van der Waals surface area contributed by atoms with Gasteiger partial charge in [0.1, 0.15) is 5.75 Å². The molecule has 0 saturated carbocycles. The van der Waals surface area contributed by atoms with E-state index in [2.05, 4.69) is 33.4 Å². The summed E-state index contributed by atoms with van der Waals surface area (Å²) >= 11 is 4.88. The van der Waals surface area contributed by atoms with Crippen LogP contribution in [0.2, 0.25) is 0 Å². The zero-order valence-electron chi connectivity index (χ0n) is 13.1. The van der Waals surface area contributed by atoms with E-state index in [-0.39, 0.29) is 11.3 Å². The molecule has 3 heterocycles. The molecule has 1 fully saturated rings. The number of benzene rings is 2. The second-order valence-corrected chi connectivity index (χ2v) is 8.02. The van der Waals surface area contributed by atoms with E-state index in [0.717, 1.165) is 33.5 Å². The molecule has 3 aliphatic heterocycles. The van der Waals surface area contributed by atoms with Crippen molar-refractivity contribution in [2.75, 3.05) is 5.75 Å². The number of thioether (sulfide) groups is 1. The standard InChI is InChI=1S/C18H14BrN3O2S/c19-12-7-4-8-15-16(12)14-9-13(11-5-2-1-3-6-11)21-22(14)18(24-15)10-25-17(23)20-18/h1-8,14H,9-10H2,(H,20,23). The molecular formula is C18H14BrN3O2S. The van der Waals surface area contributed by atoms with E-state index in [9.17, 15) is 4.79 Å². The van der Waals surface area contributed by atoms with Crippen LogP contribution in [0.1, 0.15) is 23.6 Å². The molecular weight excluding hydrogens is 402 g/mol. The van der Waals surface area contributed by atoms with Crippen LogP contribution in [0.4, 0.5) is 4.79 Å². The Labute approximate surface area is 157 Å². The molecule has 7 heteroatoms. The van der Waals surface area contributed by atoms with Gasteiger partial charge in [-0.2, -0.15) is 5.10 Å². The zero-order valence-corrected chi connectivity index (χ0v) is 15.5. The lowest BCUT2D eigenvalue weighted by Crippen LogP contribution is -2.62. The fourth-order valence-corrected chi connectivity index (χ4v) is 5.04. The summed E-state index contributed by atoms with van der Waals surface area (Å²) in [5.41, 5.74) is 3.18. The molecule has 5 rings (SSSR count). The number of amides is 1. The molecule has 1 N–H and O–H groups in total. The Balaban J connectivity index is 1.65. The number of hydrazone groups is 1. The monoisotopic (exact) mass is 415 g/mol. The first kappa shape index (κ1) is 15.3. The van der Waals surface area contributed by atoms with E-state index >= 15 is 0 Å². The first-order chi connectivity index (χ1) is 12.2. The average Bonchev–Trinajstić information content (AvgIpc) is 3.21. The molecule has 2 unspecified atom stereocenters. The third kappa shape index (κ3) is 2.29. The van der Waals surface area contributed by atoms with Gasteiger partial charge in [0.25, 0.3) is 11.1 Å². The van der Waals surface area contributed by atoms with Gasteiger partial charge < -0.3 is 4.74 Å². The van der Waals surface area contributed by atoms with Crippen LogP contribution in [0.15, 0.2) is 58.1 Å². The molecule has 0 aliphatic carbocycles. The fourth-order valence-electron chi connectivity index (χ4n) is 3.60. The van der Waals surface area contributed by atoms with Gasteiger partial charge >= 0.3 is 0 Å². The maximum Gasteiger partial charge on any atom is 0.289 e. The van der Waals surface area contributed by atoms with E-state index in [1.165, 1.54) is 11.8 Å². The summed E-state index contributed by atoms with van der Waals surface area (Å²) in [5, 5.41) is 9.69. The number of carbonyl (C=O) groups excluding carboxylic acids is 1. The first-order valence-electron chi connectivity index (χ1n) is 8.01. The summed E-state index contributed by atoms with van der Waals surface area (Å²) in [6.07, 6.45) is 0.769. The molecule has 1 spiro atoms. The third-order valence-corrected chi connectivity index (χ3v) is 6.30. The summed E-state index contributed by atoms with van der Waals surface area (Å²) in [4.78, 5) is 11.9. The van der Waals surface area contributed by atoms with E-state index in [0.29, 0.717) is 5.75 Å². The molecule has 5 nitrogen and oxygen atoms in total. The van der Waals surface area contributed by atoms with Crippen LogP contribution in [-0.2, 0) is 0 Å². The molecule has 25 heavy (non-hydrogen) atoms. The summed E-state index contributed by atoms with van der Waals surface area (Å²) in [6, 6.07) is 16.1. The van der Waals surface area contributed by atoms with Gasteiger partial charge in [0.05, 0.1) is 17.5 Å². The minimum atomic E-state index is -0.920. The van der Waals surface area contributed by atoms with E-state index in [1.54, 1.807) is 0 Å². The van der Waals surface area contributed by atoms with Crippen molar-refractivity contribution in [3.8, 4) is 5.75 Å². The van der Waals surface area contributed by atoms with Gasteiger partial charge in [-0.3, -0.25) is 10.1 Å². The molecule has 1 amide bonds. The Morgan fingerprint density at radius 1 is 1.24 bits per heavy atom. The number of nitrogens with one attached hydrogen (secondary N) is 1. The molecule has 2 aromatic rings. The van der Waals surface area contributed by atoms with Gasteiger partial charge in [0.15, 0.2) is 0 Å². The Morgan fingerprint density at radius 2 is 2.08 bits per heavy atom. The molecule has 0 radical (unpaired) electrons. The van der Waals surface area contributed by atoms with E-state index in [4.69, 9.17) is 9.84 Å². The Morgan fingerprint density at radius 3 is 2.84 bits per heavy atom. The summed E-state index contributed by atoms with van der Waals surface area (Å²) in [7, 11) is 0. The predicted octanol–water partition coefficient (Wildman–Crippen LogP) is 4.10. The van der Waals surface area contributed by atoms with E-state index < -0.39 is 5.85 Å². The summed E-state index contributed by atoms with van der Waals surface area (Å²) in [5.74, 6) is 0.374. The number of hydrogen-bond donors (Lipinski definition) is 1. The lowest BCUT2D eigenvalue weighted by molar-refractivity contribution is -0.112. The second-order valence-electron chi connectivity index (χ2n) is 6.22. The number of fused-ring (bicyclic) bond motifs is 4. The molecule has 0 bridgehead atoms. The number of rotatable bonds is 1. The van der Waals surface area contributed by atoms with Gasteiger partial charge in [-0.1, -0.05) is 64.1 Å². The SMILES string of the molecule is O=C1NC2(CS1)Oc1cccc(Br)c1C1CC(c3ccccc3)=NN12. The number of carbonyl (C=O) groups is 1. The van der Waals surface area contributed by atoms with Crippen LogP contribution in [-0.4, -0.2) is 27.6 Å². The lowest BCUT2D eigenvalue weighted by Gasteiger charge is -2.44. The number of ether oxygens (including phenoxy) is 1. The Bertz CT molecular complexity index is 904. The minimum Gasteiger partial charge on any atom is -0.447 e. The van der Waals surface area contributed by atoms with Gasteiger partial charge in [-0.25, -0.2) is 5.01 Å². The second kappa shape index (κ2) is 5.51. The number of hydrogen-bond acceptors (Lipinski definition) is 5. The van der Waals surface area contributed by atoms with Gasteiger partial charge in [-0.05, 0) is 17.7 Å². The number of halogens is 1. The van der Waals surface area contributed by atoms with Crippen molar-refractivity contribution in [1.82, 2.24) is 10.3 Å². The molecule has 1 saturated heterocycles. The molecule has 126 valence electrons.